The van der Waals surface area contributed by atoms with Crippen LogP contribution >= 0.6 is 0 Å². The van der Waals surface area contributed by atoms with E-state index in [9.17, 15) is 9.90 Å². The van der Waals surface area contributed by atoms with Gasteiger partial charge in [-0.2, -0.15) is 0 Å². The van der Waals surface area contributed by atoms with Crippen LogP contribution in [0.3, 0.4) is 0 Å². The smallest absolute Gasteiger partial charge is 0.250 e. The molecule has 0 aromatic heterocycles. The first-order chi connectivity index (χ1) is 15.0. The molecule has 5 aliphatic rings. The van der Waals surface area contributed by atoms with Gasteiger partial charge in [-0.15, -0.1) is 0 Å². The van der Waals surface area contributed by atoms with Gasteiger partial charge < -0.3 is 14.3 Å². The number of Topliss-reactive ketones (excluding diaryl/α,β-unsaturated/α-hetero) is 1. The summed E-state index contributed by atoms with van der Waals surface area (Å²) in [6.45, 7) is 13.2. The van der Waals surface area contributed by atoms with Crippen molar-refractivity contribution < 1.29 is 19.1 Å². The third-order valence-electron chi connectivity index (χ3n) is 9.71. The number of ether oxygens (including phenoxy) is 1. The Bertz CT molecular complexity index is 996. The number of carbonyl (C=O) groups excluding carboxylic acids is 1. The van der Waals surface area contributed by atoms with Gasteiger partial charge in [0.25, 0.3) is 8.32 Å². The Kier molecular flexibility index (Phi) is 4.23. The zero-order valence-electron chi connectivity index (χ0n) is 20.2. The molecule has 2 saturated carbocycles. The normalized spacial score (nSPS) is 36.0. The summed E-state index contributed by atoms with van der Waals surface area (Å²) in [7, 11) is -2.08. The molecule has 5 nitrogen and oxygen atoms in total. The highest BCUT2D eigenvalue weighted by Gasteiger charge is 2.73. The van der Waals surface area contributed by atoms with Gasteiger partial charge in [0.05, 0.1) is 11.0 Å². The molecule has 4 atom stereocenters. The van der Waals surface area contributed by atoms with Crippen molar-refractivity contribution in [3.8, 4) is 11.5 Å². The molecular weight excluding hydrogens is 418 g/mol. The summed E-state index contributed by atoms with van der Waals surface area (Å²) in [5, 5.41) is 12.4. The number of hydrogen-bond acceptors (Lipinski definition) is 5. The molecule has 3 aliphatic carbocycles. The molecule has 0 amide bonds. The number of likely N-dealkylation sites (tertiary alicyclic amines) is 1. The molecule has 2 bridgehead atoms. The third kappa shape index (κ3) is 2.60. The molecular formula is C26H37NO4Si. The van der Waals surface area contributed by atoms with Gasteiger partial charge >= 0.3 is 0 Å². The second kappa shape index (κ2) is 6.39. The van der Waals surface area contributed by atoms with Crippen LogP contribution in [0.4, 0.5) is 0 Å². The summed E-state index contributed by atoms with van der Waals surface area (Å²) in [4.78, 5) is 15.7. The second-order valence-corrected chi connectivity index (χ2v) is 17.3. The van der Waals surface area contributed by atoms with Crippen LogP contribution in [-0.2, 0) is 16.6 Å². The van der Waals surface area contributed by atoms with Gasteiger partial charge in [0.1, 0.15) is 5.75 Å². The quantitative estimate of drug-likeness (QED) is 0.690. The number of carbonyl (C=O) groups is 1. The molecule has 0 unspecified atom stereocenters. The Labute approximate surface area is 192 Å². The topological polar surface area (TPSA) is 59.0 Å². The van der Waals surface area contributed by atoms with Crippen LogP contribution in [0.5, 0.6) is 11.5 Å². The van der Waals surface area contributed by atoms with Crippen molar-refractivity contribution in [1.82, 2.24) is 4.90 Å². The number of nitrogens with zero attached hydrogens (tertiary/aromatic N) is 1. The van der Waals surface area contributed by atoms with E-state index in [1.54, 1.807) is 0 Å². The first-order valence-electron chi connectivity index (χ1n) is 12.5. The average Bonchev–Trinajstić information content (AvgIpc) is 3.44. The summed E-state index contributed by atoms with van der Waals surface area (Å²) >= 11 is 0. The molecule has 1 spiro atoms. The molecule has 2 aliphatic heterocycles. The van der Waals surface area contributed by atoms with Crippen LogP contribution < -0.4 is 9.16 Å². The maximum atomic E-state index is 13.2. The SMILES string of the molecule is CC(C)(C)[Si](C)(C)Oc1ccc2c3c1O[C@H]1C(=O)CC[C@@]4(O)[C@H](C2)N(CC2CC2)CC[C@]314. The highest BCUT2D eigenvalue weighted by Crippen LogP contribution is 2.65. The average molecular weight is 456 g/mol. The van der Waals surface area contributed by atoms with Gasteiger partial charge in [-0.25, -0.2) is 0 Å². The fourth-order valence-electron chi connectivity index (χ4n) is 6.76. The number of benzene rings is 1. The predicted octanol–water partition coefficient (Wildman–Crippen LogP) is 4.20. The van der Waals surface area contributed by atoms with Gasteiger partial charge in [-0.1, -0.05) is 26.8 Å². The van der Waals surface area contributed by atoms with E-state index in [2.05, 4.69) is 50.9 Å². The van der Waals surface area contributed by atoms with E-state index in [0.29, 0.717) is 12.8 Å². The Morgan fingerprint density at radius 2 is 2.00 bits per heavy atom. The van der Waals surface area contributed by atoms with E-state index in [4.69, 9.17) is 9.16 Å². The standard InChI is InChI=1S/C26H37NO4Si/c1-24(2,3)32(4,5)31-19-9-8-17-14-20-26(29)11-10-18(28)23-25(26,21(17)22(19)30-23)12-13-27(20)15-16-6-7-16/h8-9,16,20,23,29H,6-7,10-15H2,1-5H3/t20-,23-,25-,26+/m0/s1. The van der Waals surface area contributed by atoms with Crippen molar-refractivity contribution in [2.45, 2.75) is 101 Å². The highest BCUT2D eigenvalue weighted by atomic mass is 28.4. The largest absolute Gasteiger partial charge is 0.541 e. The van der Waals surface area contributed by atoms with Gasteiger partial charge in [-0.05, 0) is 74.3 Å². The molecule has 174 valence electrons. The number of hydrogen-bond donors (Lipinski definition) is 1. The molecule has 6 heteroatoms. The van der Waals surface area contributed by atoms with E-state index < -0.39 is 25.4 Å². The Hall–Kier alpha value is -1.37. The Morgan fingerprint density at radius 1 is 1.25 bits per heavy atom. The van der Waals surface area contributed by atoms with Gasteiger partial charge in [-0.3, -0.25) is 9.69 Å². The molecule has 1 N–H and O–H groups in total. The molecule has 2 heterocycles. The fraction of sp³-hybridized carbons (Fsp3) is 0.731. The number of rotatable bonds is 4. The number of piperidine rings is 1. The van der Waals surface area contributed by atoms with Crippen LogP contribution in [-0.4, -0.2) is 54.9 Å². The lowest BCUT2D eigenvalue weighted by atomic mass is 9.49. The van der Waals surface area contributed by atoms with E-state index in [0.717, 1.165) is 48.9 Å². The first-order valence-corrected chi connectivity index (χ1v) is 15.4. The van der Waals surface area contributed by atoms with Crippen LogP contribution in [0.1, 0.15) is 64.0 Å². The summed E-state index contributed by atoms with van der Waals surface area (Å²) in [5.74, 6) is 2.45. The molecule has 1 aromatic rings. The van der Waals surface area contributed by atoms with Gasteiger partial charge in [0.2, 0.25) is 0 Å². The minimum Gasteiger partial charge on any atom is -0.541 e. The van der Waals surface area contributed by atoms with Crippen molar-refractivity contribution in [2.24, 2.45) is 5.92 Å². The third-order valence-corrected chi connectivity index (χ3v) is 14.1. The molecule has 1 saturated heterocycles. The molecule has 3 fully saturated rings. The molecule has 0 radical (unpaired) electrons. The minimum absolute atomic E-state index is 0.0646. The van der Waals surface area contributed by atoms with Crippen molar-refractivity contribution >= 4 is 14.1 Å². The summed E-state index contributed by atoms with van der Waals surface area (Å²) in [6.07, 6.45) is 4.61. The minimum atomic E-state index is -2.08. The van der Waals surface area contributed by atoms with Gasteiger partial charge in [0.15, 0.2) is 17.6 Å². The summed E-state index contributed by atoms with van der Waals surface area (Å²) in [6, 6.07) is 4.33. The first kappa shape index (κ1) is 21.2. The molecule has 1 aromatic carbocycles. The lowest BCUT2D eigenvalue weighted by Crippen LogP contribution is -2.76. The Morgan fingerprint density at radius 3 is 2.69 bits per heavy atom. The van der Waals surface area contributed by atoms with Crippen molar-refractivity contribution in [3.05, 3.63) is 23.3 Å². The van der Waals surface area contributed by atoms with E-state index >= 15 is 0 Å². The molecule has 32 heavy (non-hydrogen) atoms. The van der Waals surface area contributed by atoms with E-state index in [-0.39, 0.29) is 16.9 Å². The zero-order chi connectivity index (χ0) is 22.7. The predicted molar refractivity (Wildman–Crippen MR) is 126 cm³/mol. The maximum absolute atomic E-state index is 13.2. The van der Waals surface area contributed by atoms with Crippen LogP contribution in [0, 0.1) is 5.92 Å². The summed E-state index contributed by atoms with van der Waals surface area (Å²) in [5.41, 5.74) is 0.807. The number of aliphatic hydroxyl groups is 1. The van der Waals surface area contributed by atoms with Crippen LogP contribution in [0.15, 0.2) is 12.1 Å². The van der Waals surface area contributed by atoms with E-state index in [1.807, 2.05) is 0 Å². The zero-order valence-corrected chi connectivity index (χ0v) is 21.2. The van der Waals surface area contributed by atoms with Crippen LogP contribution in [0.25, 0.3) is 0 Å². The van der Waals surface area contributed by atoms with E-state index in [1.165, 1.54) is 18.4 Å². The van der Waals surface area contributed by atoms with Crippen molar-refractivity contribution in [1.29, 1.82) is 0 Å². The lowest BCUT2D eigenvalue weighted by molar-refractivity contribution is -0.188. The lowest BCUT2D eigenvalue weighted by Gasteiger charge is -2.62. The highest BCUT2D eigenvalue weighted by molar-refractivity contribution is 6.74. The Balaban J connectivity index is 1.49. The molecule has 6 rings (SSSR count). The van der Waals surface area contributed by atoms with Crippen LogP contribution in [0.2, 0.25) is 18.1 Å². The maximum Gasteiger partial charge on any atom is 0.250 e. The number of ketones is 1. The monoisotopic (exact) mass is 455 g/mol. The van der Waals surface area contributed by atoms with Crippen molar-refractivity contribution in [2.75, 3.05) is 13.1 Å². The van der Waals surface area contributed by atoms with Gasteiger partial charge in [0, 0.05) is 24.6 Å². The van der Waals surface area contributed by atoms with Crippen molar-refractivity contribution in [3.63, 3.8) is 0 Å². The second-order valence-electron chi connectivity index (χ2n) is 12.6. The summed E-state index contributed by atoms with van der Waals surface area (Å²) < 4.78 is 13.3. The fourth-order valence-corrected chi connectivity index (χ4v) is 7.78.